The lowest BCUT2D eigenvalue weighted by molar-refractivity contribution is 0.209. The van der Waals surface area contributed by atoms with Gasteiger partial charge in [0.05, 0.1) is 10.4 Å². The molecule has 0 saturated heterocycles. The molecule has 0 aliphatic heterocycles. The molecule has 2 N–H and O–H groups in total. The molecule has 0 spiro atoms. The Hall–Kier alpha value is -2.54. The Bertz CT molecular complexity index is 756. The van der Waals surface area contributed by atoms with Gasteiger partial charge in [0.15, 0.2) is 5.13 Å². The van der Waals surface area contributed by atoms with E-state index < -0.39 is 6.09 Å². The maximum atomic E-state index is 10.5. The maximum Gasteiger partial charge on any atom is 0.410 e. The Morgan fingerprint density at radius 2 is 2.16 bits per heavy atom. The molecule has 0 fully saturated rings. The summed E-state index contributed by atoms with van der Waals surface area (Å²) in [5.41, 5.74) is 1.79. The molecule has 0 radical (unpaired) electrons. The van der Waals surface area contributed by atoms with Gasteiger partial charge in [-0.1, -0.05) is 23.5 Å². The van der Waals surface area contributed by atoms with Crippen LogP contribution in [0.4, 0.5) is 9.93 Å². The molecule has 0 bridgehead atoms. The molecule has 0 atom stereocenters. The van der Waals surface area contributed by atoms with Crippen molar-refractivity contribution < 1.29 is 9.90 Å². The van der Waals surface area contributed by atoms with Crippen LogP contribution in [0.15, 0.2) is 36.9 Å². The number of rotatable bonds is 2. The molecular weight excluding hydrogens is 264 g/mol. The number of hydrogen-bond acceptors (Lipinski definition) is 5. The maximum absolute atomic E-state index is 10.5. The molecule has 7 heteroatoms. The first-order valence-corrected chi connectivity index (χ1v) is 6.20. The van der Waals surface area contributed by atoms with Gasteiger partial charge in [-0.05, 0) is 11.6 Å². The summed E-state index contributed by atoms with van der Waals surface area (Å²) in [5.74, 6) is 0. The molecule has 3 aromatic rings. The van der Waals surface area contributed by atoms with Crippen molar-refractivity contribution in [2.24, 2.45) is 0 Å². The van der Waals surface area contributed by atoms with E-state index >= 15 is 0 Å². The van der Waals surface area contributed by atoms with Crippen molar-refractivity contribution in [3.63, 3.8) is 0 Å². The Balaban J connectivity index is 1.99. The summed E-state index contributed by atoms with van der Waals surface area (Å²) in [5, 5.41) is 12.2. The molecule has 0 aliphatic carbocycles. The third-order valence-electron chi connectivity index (χ3n) is 2.51. The first-order valence-electron chi connectivity index (χ1n) is 5.38. The molecule has 1 aromatic carbocycles. The van der Waals surface area contributed by atoms with Crippen LogP contribution in [0.5, 0.6) is 0 Å². The number of anilines is 1. The van der Waals surface area contributed by atoms with E-state index in [-0.39, 0.29) is 0 Å². The van der Waals surface area contributed by atoms with E-state index in [1.807, 2.05) is 18.2 Å². The second-order valence-corrected chi connectivity index (χ2v) is 4.79. The van der Waals surface area contributed by atoms with E-state index in [0.717, 1.165) is 21.3 Å². The third-order valence-corrected chi connectivity index (χ3v) is 3.47. The highest BCUT2D eigenvalue weighted by atomic mass is 32.1. The van der Waals surface area contributed by atoms with E-state index in [0.29, 0.717) is 5.13 Å². The van der Waals surface area contributed by atoms with E-state index in [4.69, 9.17) is 5.11 Å². The Morgan fingerprint density at radius 3 is 3.00 bits per heavy atom. The van der Waals surface area contributed by atoms with Crippen LogP contribution in [0.1, 0.15) is 0 Å². The molecule has 1 amide bonds. The molecule has 0 saturated carbocycles. The Morgan fingerprint density at radius 1 is 1.26 bits per heavy atom. The van der Waals surface area contributed by atoms with Crippen molar-refractivity contribution in [3.8, 4) is 10.4 Å². The van der Waals surface area contributed by atoms with Crippen LogP contribution in [-0.2, 0) is 0 Å². The van der Waals surface area contributed by atoms with Gasteiger partial charge in [0, 0.05) is 17.8 Å². The van der Waals surface area contributed by atoms with Crippen LogP contribution in [0.25, 0.3) is 21.3 Å². The lowest BCUT2D eigenvalue weighted by atomic mass is 10.1. The summed E-state index contributed by atoms with van der Waals surface area (Å²) < 4.78 is 0. The lowest BCUT2D eigenvalue weighted by Gasteiger charge is -1.99. The highest BCUT2D eigenvalue weighted by Gasteiger charge is 2.07. The monoisotopic (exact) mass is 272 g/mol. The fraction of sp³-hybridized carbons (Fsp3) is 0. The van der Waals surface area contributed by atoms with Crippen LogP contribution in [0.2, 0.25) is 0 Å². The second kappa shape index (κ2) is 4.62. The summed E-state index contributed by atoms with van der Waals surface area (Å²) in [6.45, 7) is 0. The molecule has 6 nitrogen and oxygen atoms in total. The number of carbonyl (C=O) groups is 1. The molecule has 0 aliphatic rings. The number of hydrogen-bond donors (Lipinski definition) is 2. The predicted octanol–water partition coefficient (Wildman–Crippen LogP) is 2.84. The number of benzene rings is 1. The van der Waals surface area contributed by atoms with Crippen LogP contribution in [-0.4, -0.2) is 26.2 Å². The molecule has 2 heterocycles. The second-order valence-electron chi connectivity index (χ2n) is 3.76. The standard InChI is InChI=1S/C12H8N4O2S/c17-12(18)16-11-14-5-10(19-11)7-1-2-8-4-13-6-15-9(8)3-7/h1-6H,(H,14,16)(H,17,18). The zero-order valence-electron chi connectivity index (χ0n) is 9.57. The number of fused-ring (bicyclic) bond motifs is 1. The number of nitrogens with zero attached hydrogens (tertiary/aromatic N) is 3. The third kappa shape index (κ3) is 2.36. The van der Waals surface area contributed by atoms with Gasteiger partial charge < -0.3 is 5.11 Å². The van der Waals surface area contributed by atoms with Gasteiger partial charge >= 0.3 is 6.09 Å². The molecule has 2 aromatic heterocycles. The summed E-state index contributed by atoms with van der Waals surface area (Å²) in [6.07, 6.45) is 3.76. The molecule has 0 unspecified atom stereocenters. The van der Waals surface area contributed by atoms with Crippen molar-refractivity contribution in [2.45, 2.75) is 0 Å². The minimum Gasteiger partial charge on any atom is -0.465 e. The van der Waals surface area contributed by atoms with Gasteiger partial charge in [0.1, 0.15) is 6.33 Å². The van der Waals surface area contributed by atoms with Crippen LogP contribution in [0.3, 0.4) is 0 Å². The van der Waals surface area contributed by atoms with Crippen LogP contribution < -0.4 is 5.32 Å². The van der Waals surface area contributed by atoms with Crippen molar-refractivity contribution in [2.75, 3.05) is 5.32 Å². The van der Waals surface area contributed by atoms with Gasteiger partial charge in [-0.2, -0.15) is 0 Å². The van der Waals surface area contributed by atoms with Crippen LogP contribution in [0, 0.1) is 0 Å². The minimum absolute atomic E-state index is 0.352. The molecule has 19 heavy (non-hydrogen) atoms. The average Bonchev–Trinajstić information content (AvgIpc) is 2.86. The summed E-state index contributed by atoms with van der Waals surface area (Å²) in [4.78, 5) is 23.6. The van der Waals surface area contributed by atoms with Gasteiger partial charge in [0.25, 0.3) is 0 Å². The number of amides is 1. The number of carboxylic acid groups (broad SMARTS) is 1. The first kappa shape index (κ1) is 11.5. The first-order chi connectivity index (χ1) is 9.22. The van der Waals surface area contributed by atoms with Gasteiger partial charge in [-0.3, -0.25) is 5.32 Å². The Kier molecular flexibility index (Phi) is 2.81. The van der Waals surface area contributed by atoms with Crippen LogP contribution >= 0.6 is 11.3 Å². The highest BCUT2D eigenvalue weighted by molar-refractivity contribution is 7.19. The fourth-order valence-electron chi connectivity index (χ4n) is 1.68. The highest BCUT2D eigenvalue weighted by Crippen LogP contribution is 2.30. The van der Waals surface area contributed by atoms with Gasteiger partial charge in [-0.25, -0.2) is 19.7 Å². The predicted molar refractivity (Wildman–Crippen MR) is 72.3 cm³/mol. The van der Waals surface area contributed by atoms with Crippen molar-refractivity contribution in [1.82, 2.24) is 15.0 Å². The summed E-state index contributed by atoms with van der Waals surface area (Å²) in [6, 6.07) is 5.79. The smallest absolute Gasteiger partial charge is 0.410 e. The number of nitrogens with one attached hydrogen (secondary N) is 1. The van der Waals surface area contributed by atoms with Crippen molar-refractivity contribution in [3.05, 3.63) is 36.9 Å². The molecular formula is C12H8N4O2S. The Labute approximate surface area is 111 Å². The van der Waals surface area contributed by atoms with Gasteiger partial charge in [-0.15, -0.1) is 0 Å². The van der Waals surface area contributed by atoms with E-state index in [1.165, 1.54) is 17.7 Å². The topological polar surface area (TPSA) is 88.0 Å². The molecule has 3 rings (SSSR count). The lowest BCUT2D eigenvalue weighted by Crippen LogP contribution is -2.06. The zero-order chi connectivity index (χ0) is 13.2. The van der Waals surface area contributed by atoms with Gasteiger partial charge in [0.2, 0.25) is 0 Å². The quantitative estimate of drug-likeness (QED) is 0.749. The minimum atomic E-state index is -1.12. The largest absolute Gasteiger partial charge is 0.465 e. The molecule has 94 valence electrons. The number of thiazole rings is 1. The zero-order valence-corrected chi connectivity index (χ0v) is 10.4. The fourth-order valence-corrected chi connectivity index (χ4v) is 2.49. The van der Waals surface area contributed by atoms with Crippen molar-refractivity contribution >= 4 is 33.5 Å². The SMILES string of the molecule is O=C(O)Nc1ncc(-c2ccc3cncnc3c2)s1. The normalized spacial score (nSPS) is 10.5. The number of aromatic nitrogens is 3. The summed E-state index contributed by atoms with van der Waals surface area (Å²) in [7, 11) is 0. The van der Waals surface area contributed by atoms with E-state index in [9.17, 15) is 4.79 Å². The van der Waals surface area contributed by atoms with E-state index in [2.05, 4.69) is 20.3 Å². The average molecular weight is 272 g/mol. The summed E-state index contributed by atoms with van der Waals surface area (Å²) >= 11 is 1.28. The van der Waals surface area contributed by atoms with E-state index in [1.54, 1.807) is 12.4 Å². The van der Waals surface area contributed by atoms with Crippen molar-refractivity contribution in [1.29, 1.82) is 0 Å².